The molecule has 0 saturated heterocycles. The number of furan rings is 1. The summed E-state index contributed by atoms with van der Waals surface area (Å²) in [6, 6.07) is 10.7. The van der Waals surface area contributed by atoms with Gasteiger partial charge in [0.2, 0.25) is 0 Å². The second-order valence-electron chi connectivity index (χ2n) is 4.52. The summed E-state index contributed by atoms with van der Waals surface area (Å²) in [6.45, 7) is 0. The molecule has 2 heterocycles. The quantitative estimate of drug-likeness (QED) is 0.516. The Hall–Kier alpha value is -2.53. The van der Waals surface area contributed by atoms with Gasteiger partial charge in [-0.15, -0.1) is 11.3 Å². The van der Waals surface area contributed by atoms with E-state index >= 15 is 0 Å². The molecule has 98 valence electrons. The fraction of sp³-hybridized carbons (Fsp3) is 0. The zero-order valence-electron chi connectivity index (χ0n) is 10.2. The van der Waals surface area contributed by atoms with Gasteiger partial charge in [0.15, 0.2) is 11.5 Å². The summed E-state index contributed by atoms with van der Waals surface area (Å²) in [5.41, 5.74) is 4.25. The summed E-state index contributed by atoms with van der Waals surface area (Å²) >= 11 is 1.58. The van der Waals surface area contributed by atoms with Gasteiger partial charge in [0, 0.05) is 17.0 Å². The van der Waals surface area contributed by atoms with Gasteiger partial charge in [0.1, 0.15) is 11.3 Å². The summed E-state index contributed by atoms with van der Waals surface area (Å²) in [7, 11) is 0. The standard InChI is InChI=1S/C15H9NO3S/c17-11-3-9-4-13(19-14(9)6-12(11)18)8-1-2-10-15(5-8)20-7-16-10/h1-7,17-18H. The van der Waals surface area contributed by atoms with E-state index < -0.39 is 0 Å². The van der Waals surface area contributed by atoms with E-state index in [2.05, 4.69) is 4.98 Å². The van der Waals surface area contributed by atoms with Crippen molar-refractivity contribution >= 4 is 32.5 Å². The lowest BCUT2D eigenvalue weighted by molar-refractivity contribution is 0.404. The summed E-state index contributed by atoms with van der Waals surface area (Å²) in [6.07, 6.45) is 0. The number of hydrogen-bond donors (Lipinski definition) is 2. The number of fused-ring (bicyclic) bond motifs is 2. The average Bonchev–Trinajstić information content (AvgIpc) is 3.04. The molecular weight excluding hydrogens is 274 g/mol. The van der Waals surface area contributed by atoms with Crippen molar-refractivity contribution in [1.29, 1.82) is 0 Å². The maximum absolute atomic E-state index is 9.51. The number of aromatic nitrogens is 1. The van der Waals surface area contributed by atoms with Crippen molar-refractivity contribution in [1.82, 2.24) is 4.98 Å². The van der Waals surface area contributed by atoms with Gasteiger partial charge in [-0.05, 0) is 30.3 Å². The van der Waals surface area contributed by atoms with Gasteiger partial charge in [-0.2, -0.15) is 0 Å². The van der Waals surface area contributed by atoms with Gasteiger partial charge in [0.05, 0.1) is 15.7 Å². The van der Waals surface area contributed by atoms with Gasteiger partial charge in [0.25, 0.3) is 0 Å². The second-order valence-corrected chi connectivity index (χ2v) is 5.41. The Morgan fingerprint density at radius 2 is 1.85 bits per heavy atom. The average molecular weight is 283 g/mol. The highest BCUT2D eigenvalue weighted by Gasteiger charge is 2.10. The molecule has 0 radical (unpaired) electrons. The molecule has 2 aromatic heterocycles. The first-order valence-electron chi connectivity index (χ1n) is 6.00. The molecule has 0 aliphatic carbocycles. The molecule has 0 aliphatic rings. The SMILES string of the molecule is Oc1cc2cc(-c3ccc4ncsc4c3)oc2cc1O. The van der Waals surface area contributed by atoms with E-state index in [1.807, 2.05) is 29.8 Å². The van der Waals surface area contributed by atoms with E-state index in [9.17, 15) is 10.2 Å². The molecule has 0 unspecified atom stereocenters. The van der Waals surface area contributed by atoms with Gasteiger partial charge < -0.3 is 14.6 Å². The fourth-order valence-electron chi connectivity index (χ4n) is 2.21. The van der Waals surface area contributed by atoms with Crippen LogP contribution in [0.2, 0.25) is 0 Å². The van der Waals surface area contributed by atoms with Crippen molar-refractivity contribution in [2.45, 2.75) is 0 Å². The monoisotopic (exact) mass is 283 g/mol. The van der Waals surface area contributed by atoms with Crippen molar-refractivity contribution in [3.8, 4) is 22.8 Å². The van der Waals surface area contributed by atoms with E-state index in [0.29, 0.717) is 11.3 Å². The minimum Gasteiger partial charge on any atom is -0.504 e. The fourth-order valence-corrected chi connectivity index (χ4v) is 2.93. The van der Waals surface area contributed by atoms with Crippen LogP contribution in [-0.4, -0.2) is 15.2 Å². The second kappa shape index (κ2) is 3.98. The third-order valence-corrected chi connectivity index (χ3v) is 4.02. The summed E-state index contributed by atoms with van der Waals surface area (Å²) in [5, 5.41) is 19.8. The van der Waals surface area contributed by atoms with Crippen molar-refractivity contribution in [2.24, 2.45) is 0 Å². The number of thiazole rings is 1. The molecule has 0 atom stereocenters. The molecule has 0 aliphatic heterocycles. The van der Waals surface area contributed by atoms with Gasteiger partial charge in [-0.3, -0.25) is 0 Å². The molecule has 0 spiro atoms. The predicted molar refractivity (Wildman–Crippen MR) is 78.2 cm³/mol. The number of aromatic hydroxyl groups is 2. The van der Waals surface area contributed by atoms with E-state index in [1.165, 1.54) is 12.1 Å². The minimum atomic E-state index is -0.184. The van der Waals surface area contributed by atoms with E-state index in [4.69, 9.17) is 4.42 Å². The Bertz CT molecular complexity index is 900. The Morgan fingerprint density at radius 1 is 1.00 bits per heavy atom. The number of benzene rings is 2. The maximum atomic E-state index is 9.51. The van der Waals surface area contributed by atoms with E-state index in [-0.39, 0.29) is 11.5 Å². The van der Waals surface area contributed by atoms with Crippen molar-refractivity contribution in [3.05, 3.63) is 41.9 Å². The molecular formula is C15H9NO3S. The first-order chi connectivity index (χ1) is 9.70. The lowest BCUT2D eigenvalue weighted by Gasteiger charge is -1.96. The smallest absolute Gasteiger partial charge is 0.161 e. The predicted octanol–water partition coefficient (Wildman–Crippen LogP) is 4.12. The van der Waals surface area contributed by atoms with Crippen LogP contribution in [0.3, 0.4) is 0 Å². The summed E-state index contributed by atoms with van der Waals surface area (Å²) < 4.78 is 6.82. The Labute approximate surface area is 117 Å². The Morgan fingerprint density at radius 3 is 2.75 bits per heavy atom. The van der Waals surface area contributed by atoms with Crippen molar-refractivity contribution in [2.75, 3.05) is 0 Å². The van der Waals surface area contributed by atoms with Crippen LogP contribution >= 0.6 is 11.3 Å². The Balaban J connectivity index is 1.92. The van der Waals surface area contributed by atoms with Crippen molar-refractivity contribution < 1.29 is 14.6 Å². The molecule has 4 rings (SSSR count). The number of rotatable bonds is 1. The maximum Gasteiger partial charge on any atom is 0.161 e. The van der Waals surface area contributed by atoms with Gasteiger partial charge >= 0.3 is 0 Å². The topological polar surface area (TPSA) is 66.5 Å². The highest BCUT2D eigenvalue weighted by atomic mass is 32.1. The van der Waals surface area contributed by atoms with Crippen LogP contribution in [0.4, 0.5) is 0 Å². The van der Waals surface area contributed by atoms with Gasteiger partial charge in [-0.1, -0.05) is 0 Å². The number of hydrogen-bond acceptors (Lipinski definition) is 5. The lowest BCUT2D eigenvalue weighted by atomic mass is 10.1. The molecule has 2 aromatic carbocycles. The van der Waals surface area contributed by atoms with Crippen LogP contribution in [0.5, 0.6) is 11.5 Å². The molecule has 0 saturated carbocycles. The van der Waals surface area contributed by atoms with E-state index in [1.54, 1.807) is 11.3 Å². The zero-order chi connectivity index (χ0) is 13.7. The first kappa shape index (κ1) is 11.3. The molecule has 20 heavy (non-hydrogen) atoms. The molecule has 0 bridgehead atoms. The largest absolute Gasteiger partial charge is 0.504 e. The van der Waals surface area contributed by atoms with E-state index in [0.717, 1.165) is 21.2 Å². The highest BCUT2D eigenvalue weighted by Crippen LogP contribution is 2.35. The van der Waals surface area contributed by atoms with Crippen LogP contribution in [-0.2, 0) is 0 Å². The van der Waals surface area contributed by atoms with Crippen LogP contribution < -0.4 is 0 Å². The summed E-state index contributed by atoms with van der Waals surface area (Å²) in [4.78, 5) is 4.24. The van der Waals surface area contributed by atoms with Gasteiger partial charge in [-0.25, -0.2) is 4.98 Å². The molecule has 4 aromatic rings. The van der Waals surface area contributed by atoms with Crippen LogP contribution in [0.25, 0.3) is 32.5 Å². The molecule has 2 N–H and O–H groups in total. The van der Waals surface area contributed by atoms with Crippen LogP contribution in [0.1, 0.15) is 0 Å². The molecule has 5 heteroatoms. The minimum absolute atomic E-state index is 0.150. The van der Waals surface area contributed by atoms with Crippen LogP contribution in [0.15, 0.2) is 46.3 Å². The Kier molecular flexibility index (Phi) is 2.25. The third kappa shape index (κ3) is 1.64. The molecule has 0 fully saturated rings. The highest BCUT2D eigenvalue weighted by molar-refractivity contribution is 7.16. The van der Waals surface area contributed by atoms with Crippen LogP contribution in [0, 0.1) is 0 Å². The molecule has 4 nitrogen and oxygen atoms in total. The normalized spacial score (nSPS) is 11.4. The number of phenolic OH excluding ortho intramolecular Hbond substituents is 2. The zero-order valence-corrected chi connectivity index (χ0v) is 11.0. The molecule has 0 amide bonds. The van der Waals surface area contributed by atoms with Crippen molar-refractivity contribution in [3.63, 3.8) is 0 Å². The first-order valence-corrected chi connectivity index (χ1v) is 6.88. The lowest BCUT2D eigenvalue weighted by Crippen LogP contribution is -1.73. The third-order valence-electron chi connectivity index (χ3n) is 3.23. The number of nitrogens with zero attached hydrogens (tertiary/aromatic N) is 1. The summed E-state index contributed by atoms with van der Waals surface area (Å²) in [5.74, 6) is 0.361. The number of phenols is 2.